The molecule has 0 N–H and O–H groups in total. The van der Waals surface area contributed by atoms with Crippen LogP contribution in [0, 0.1) is 13.8 Å². The van der Waals surface area contributed by atoms with Crippen molar-refractivity contribution in [3.05, 3.63) is 65.5 Å². The summed E-state index contributed by atoms with van der Waals surface area (Å²) in [7, 11) is 0. The lowest BCUT2D eigenvalue weighted by Crippen LogP contribution is -2.04. The molecule has 0 aliphatic rings. The maximum atomic E-state index is 4.72. The Morgan fingerprint density at radius 3 is 1.57 bits per heavy atom. The molecule has 116 valence electrons. The maximum absolute atomic E-state index is 4.72. The van der Waals surface area contributed by atoms with Crippen LogP contribution in [0.5, 0.6) is 0 Å². The maximum Gasteiger partial charge on any atom is 0.163 e. The molecule has 3 rings (SSSR count). The Balaban J connectivity index is 2.17. The van der Waals surface area contributed by atoms with Crippen molar-refractivity contribution >= 4 is 0 Å². The van der Waals surface area contributed by atoms with Gasteiger partial charge in [-0.2, -0.15) is 0 Å². The molecule has 1 aromatic heterocycles. The van der Waals surface area contributed by atoms with Crippen molar-refractivity contribution in [1.82, 2.24) is 15.0 Å². The van der Waals surface area contributed by atoms with Crippen LogP contribution in [0.2, 0.25) is 0 Å². The van der Waals surface area contributed by atoms with Gasteiger partial charge in [0.15, 0.2) is 11.6 Å². The van der Waals surface area contributed by atoms with Gasteiger partial charge >= 0.3 is 0 Å². The second-order valence-corrected chi connectivity index (χ2v) is 6.23. The zero-order valence-corrected chi connectivity index (χ0v) is 14.0. The van der Waals surface area contributed by atoms with Crippen LogP contribution < -0.4 is 0 Å². The van der Waals surface area contributed by atoms with Crippen molar-refractivity contribution in [3.63, 3.8) is 0 Å². The number of hydrogen-bond acceptors (Lipinski definition) is 3. The van der Waals surface area contributed by atoms with E-state index in [1.807, 2.05) is 24.3 Å². The highest BCUT2D eigenvalue weighted by Crippen LogP contribution is 2.23. The van der Waals surface area contributed by atoms with Crippen molar-refractivity contribution in [2.24, 2.45) is 0 Å². The van der Waals surface area contributed by atoms with E-state index in [1.165, 1.54) is 11.1 Å². The summed E-state index contributed by atoms with van der Waals surface area (Å²) in [6.45, 7) is 8.37. The molecule has 3 aromatic rings. The van der Waals surface area contributed by atoms with Crippen molar-refractivity contribution in [2.45, 2.75) is 33.6 Å². The van der Waals surface area contributed by atoms with Crippen LogP contribution in [-0.2, 0) is 0 Å². The van der Waals surface area contributed by atoms with E-state index in [-0.39, 0.29) is 5.92 Å². The number of aryl methyl sites for hydroxylation is 2. The first-order valence-corrected chi connectivity index (χ1v) is 7.93. The molecule has 0 saturated carbocycles. The molecule has 0 saturated heterocycles. The summed E-state index contributed by atoms with van der Waals surface area (Å²) < 4.78 is 0. The largest absolute Gasteiger partial charge is 0.213 e. The molecule has 3 heteroatoms. The standard InChI is InChI=1S/C20H21N3/c1-13(2)18-21-19(16-9-5-7-14(3)11-16)23-20(22-18)17-10-6-8-15(4)12-17/h5-13H,1-4H3. The van der Waals surface area contributed by atoms with Crippen LogP contribution in [0.1, 0.15) is 36.7 Å². The van der Waals surface area contributed by atoms with Gasteiger partial charge in [-0.15, -0.1) is 0 Å². The smallest absolute Gasteiger partial charge is 0.163 e. The van der Waals surface area contributed by atoms with Crippen molar-refractivity contribution in [2.75, 3.05) is 0 Å². The van der Waals surface area contributed by atoms with Gasteiger partial charge in [0.2, 0.25) is 0 Å². The van der Waals surface area contributed by atoms with Crippen molar-refractivity contribution < 1.29 is 0 Å². The molecule has 0 fully saturated rings. The van der Waals surface area contributed by atoms with Crippen LogP contribution in [0.25, 0.3) is 22.8 Å². The minimum atomic E-state index is 0.255. The van der Waals surface area contributed by atoms with Crippen LogP contribution in [0.15, 0.2) is 48.5 Å². The Bertz CT molecular complexity index is 774. The first-order valence-electron chi connectivity index (χ1n) is 7.93. The molecule has 1 heterocycles. The zero-order valence-electron chi connectivity index (χ0n) is 14.0. The lowest BCUT2D eigenvalue weighted by molar-refractivity contribution is 0.766. The first kappa shape index (κ1) is 15.3. The number of rotatable bonds is 3. The van der Waals surface area contributed by atoms with Gasteiger partial charge in [-0.25, -0.2) is 15.0 Å². The fourth-order valence-electron chi connectivity index (χ4n) is 2.48. The second-order valence-electron chi connectivity index (χ2n) is 6.23. The van der Waals surface area contributed by atoms with Crippen LogP contribution in [0.4, 0.5) is 0 Å². The normalized spacial score (nSPS) is 11.0. The van der Waals surface area contributed by atoms with E-state index < -0.39 is 0 Å². The predicted molar refractivity (Wildman–Crippen MR) is 94.3 cm³/mol. The summed E-state index contributed by atoms with van der Waals surface area (Å²) in [5, 5.41) is 0. The molecule has 23 heavy (non-hydrogen) atoms. The average molecular weight is 303 g/mol. The summed E-state index contributed by atoms with van der Waals surface area (Å²) in [4.78, 5) is 14.1. The third-order valence-corrected chi connectivity index (χ3v) is 3.72. The summed E-state index contributed by atoms with van der Waals surface area (Å²) in [5.41, 5.74) is 4.46. The number of benzene rings is 2. The van der Waals surface area contributed by atoms with E-state index >= 15 is 0 Å². The molecular formula is C20H21N3. The quantitative estimate of drug-likeness (QED) is 0.687. The molecule has 0 spiro atoms. The Labute approximate surface area is 137 Å². The van der Waals surface area contributed by atoms with Gasteiger partial charge < -0.3 is 0 Å². The molecule has 0 aliphatic carbocycles. The van der Waals surface area contributed by atoms with Crippen LogP contribution in [0.3, 0.4) is 0 Å². The highest BCUT2D eigenvalue weighted by molar-refractivity contribution is 5.62. The number of nitrogens with zero attached hydrogens (tertiary/aromatic N) is 3. The lowest BCUT2D eigenvalue weighted by atomic mass is 10.1. The highest BCUT2D eigenvalue weighted by Gasteiger charge is 2.12. The van der Waals surface area contributed by atoms with E-state index in [9.17, 15) is 0 Å². The summed E-state index contributed by atoms with van der Waals surface area (Å²) in [6, 6.07) is 16.6. The summed E-state index contributed by atoms with van der Waals surface area (Å²) >= 11 is 0. The lowest BCUT2D eigenvalue weighted by Gasteiger charge is -2.10. The van der Waals surface area contributed by atoms with Gasteiger partial charge in [0.05, 0.1) is 0 Å². The third-order valence-electron chi connectivity index (χ3n) is 3.72. The Morgan fingerprint density at radius 1 is 0.696 bits per heavy atom. The molecular weight excluding hydrogens is 282 g/mol. The van der Waals surface area contributed by atoms with Gasteiger partial charge in [-0.1, -0.05) is 61.4 Å². The average Bonchev–Trinajstić information content (AvgIpc) is 2.54. The number of hydrogen-bond donors (Lipinski definition) is 0. The van der Waals surface area contributed by atoms with Gasteiger partial charge in [0, 0.05) is 17.0 Å². The molecule has 0 radical (unpaired) electrons. The molecule has 3 nitrogen and oxygen atoms in total. The minimum Gasteiger partial charge on any atom is -0.213 e. The van der Waals surface area contributed by atoms with Gasteiger partial charge in [0.25, 0.3) is 0 Å². The molecule has 0 amide bonds. The minimum absolute atomic E-state index is 0.255. The Morgan fingerprint density at radius 2 is 1.17 bits per heavy atom. The highest BCUT2D eigenvalue weighted by atomic mass is 15.0. The third kappa shape index (κ3) is 3.45. The number of aromatic nitrogens is 3. The topological polar surface area (TPSA) is 38.7 Å². The Hall–Kier alpha value is -2.55. The summed E-state index contributed by atoms with van der Waals surface area (Å²) in [6.07, 6.45) is 0. The fraction of sp³-hybridized carbons (Fsp3) is 0.250. The van der Waals surface area contributed by atoms with Gasteiger partial charge in [-0.3, -0.25) is 0 Å². The Kier molecular flexibility index (Phi) is 4.20. The summed E-state index contributed by atoms with van der Waals surface area (Å²) in [5.74, 6) is 2.56. The van der Waals surface area contributed by atoms with E-state index in [0.717, 1.165) is 28.6 Å². The second kappa shape index (κ2) is 6.29. The van der Waals surface area contributed by atoms with E-state index in [0.29, 0.717) is 0 Å². The molecule has 2 aromatic carbocycles. The van der Waals surface area contributed by atoms with Crippen LogP contribution >= 0.6 is 0 Å². The molecule has 0 atom stereocenters. The zero-order chi connectivity index (χ0) is 16.4. The molecule has 0 unspecified atom stereocenters. The van der Waals surface area contributed by atoms with Crippen molar-refractivity contribution in [1.29, 1.82) is 0 Å². The van der Waals surface area contributed by atoms with E-state index in [2.05, 4.69) is 61.9 Å². The predicted octanol–water partition coefficient (Wildman–Crippen LogP) is 4.95. The first-order chi connectivity index (χ1) is 11.0. The van der Waals surface area contributed by atoms with Crippen molar-refractivity contribution in [3.8, 4) is 22.8 Å². The van der Waals surface area contributed by atoms with Gasteiger partial charge in [0.1, 0.15) is 5.82 Å². The molecule has 0 bridgehead atoms. The SMILES string of the molecule is Cc1cccc(-c2nc(-c3cccc(C)c3)nc(C(C)C)n2)c1. The van der Waals surface area contributed by atoms with E-state index in [1.54, 1.807) is 0 Å². The van der Waals surface area contributed by atoms with E-state index in [4.69, 9.17) is 4.98 Å². The fourth-order valence-corrected chi connectivity index (χ4v) is 2.48. The monoisotopic (exact) mass is 303 g/mol. The van der Waals surface area contributed by atoms with Crippen LogP contribution in [-0.4, -0.2) is 15.0 Å². The molecule has 0 aliphatic heterocycles. The van der Waals surface area contributed by atoms with Gasteiger partial charge in [-0.05, 0) is 26.0 Å².